The van der Waals surface area contributed by atoms with Gasteiger partial charge in [0.15, 0.2) is 5.02 Å². The third kappa shape index (κ3) is 5.17. The smallest absolute Gasteiger partial charge is 0.280 e. The van der Waals surface area contributed by atoms with Crippen LogP contribution in [-0.4, -0.2) is 31.6 Å². The van der Waals surface area contributed by atoms with E-state index < -0.39 is 5.56 Å². The van der Waals surface area contributed by atoms with Crippen molar-refractivity contribution in [2.75, 3.05) is 7.11 Å². The molecule has 0 aliphatic carbocycles. The Morgan fingerprint density at radius 3 is 2.57 bits per heavy atom. The Morgan fingerprint density at radius 1 is 1.06 bits per heavy atom. The van der Waals surface area contributed by atoms with Crippen molar-refractivity contribution in [1.29, 1.82) is 0 Å². The molecule has 1 aromatic carbocycles. The Labute approximate surface area is 208 Å². The minimum Gasteiger partial charge on any atom is -0.481 e. The largest absolute Gasteiger partial charge is 0.481 e. The molecule has 4 aromatic rings. The first-order valence-corrected chi connectivity index (χ1v) is 11.5. The van der Waals surface area contributed by atoms with E-state index >= 15 is 0 Å². The summed E-state index contributed by atoms with van der Waals surface area (Å²) < 4.78 is 12.3. The summed E-state index contributed by atoms with van der Waals surface area (Å²) >= 11 is 6.40. The Kier molecular flexibility index (Phi) is 7.12. The van der Waals surface area contributed by atoms with Gasteiger partial charge in [0.1, 0.15) is 18.3 Å². The molecular weight excluding hydrogens is 466 g/mol. The number of hydrogen-bond acceptors (Lipinski definition) is 7. The van der Waals surface area contributed by atoms with Crippen molar-refractivity contribution in [1.82, 2.24) is 24.5 Å². The molecular formula is C26H26ClN5O3. The molecule has 9 heteroatoms. The Balaban J connectivity index is 1.68. The molecule has 4 rings (SSSR count). The first kappa shape index (κ1) is 24.3. The van der Waals surface area contributed by atoms with Gasteiger partial charge < -0.3 is 9.47 Å². The van der Waals surface area contributed by atoms with Gasteiger partial charge in [0, 0.05) is 23.7 Å². The van der Waals surface area contributed by atoms with E-state index in [4.69, 9.17) is 26.1 Å². The molecule has 0 saturated heterocycles. The van der Waals surface area contributed by atoms with E-state index in [1.54, 1.807) is 32.2 Å². The number of methoxy groups -OCH3 is 1. The second kappa shape index (κ2) is 10.2. The Hall–Kier alpha value is -3.78. The maximum atomic E-state index is 13.2. The van der Waals surface area contributed by atoms with Gasteiger partial charge >= 0.3 is 0 Å². The van der Waals surface area contributed by atoms with Gasteiger partial charge in [-0.3, -0.25) is 9.36 Å². The van der Waals surface area contributed by atoms with E-state index in [0.29, 0.717) is 23.1 Å². The molecule has 0 fully saturated rings. The van der Waals surface area contributed by atoms with Gasteiger partial charge in [0.25, 0.3) is 5.56 Å². The first-order chi connectivity index (χ1) is 16.8. The molecule has 180 valence electrons. The zero-order chi connectivity index (χ0) is 25.1. The average Bonchev–Trinajstić information content (AvgIpc) is 2.86. The third-order valence-electron chi connectivity index (χ3n) is 5.40. The van der Waals surface area contributed by atoms with Gasteiger partial charge in [-0.05, 0) is 37.6 Å². The van der Waals surface area contributed by atoms with Crippen LogP contribution in [0.1, 0.15) is 42.7 Å². The molecule has 0 saturated carbocycles. The lowest BCUT2D eigenvalue weighted by Crippen LogP contribution is -2.23. The molecule has 0 amide bonds. The highest BCUT2D eigenvalue weighted by Gasteiger charge is 2.17. The highest BCUT2D eigenvalue weighted by Crippen LogP contribution is 2.26. The van der Waals surface area contributed by atoms with Crippen molar-refractivity contribution in [2.24, 2.45) is 0 Å². The zero-order valence-electron chi connectivity index (χ0n) is 20.2. The van der Waals surface area contributed by atoms with E-state index in [2.05, 4.69) is 28.8 Å². The van der Waals surface area contributed by atoms with E-state index in [0.717, 1.165) is 22.6 Å². The molecule has 0 bridgehead atoms. The second-order valence-electron chi connectivity index (χ2n) is 8.34. The number of pyridine rings is 1. The minimum atomic E-state index is -0.424. The Morgan fingerprint density at radius 2 is 1.83 bits per heavy atom. The summed E-state index contributed by atoms with van der Waals surface area (Å²) in [5.41, 5.74) is 3.47. The van der Waals surface area contributed by atoms with Crippen LogP contribution in [0.15, 0.2) is 53.5 Å². The van der Waals surface area contributed by atoms with E-state index in [1.807, 2.05) is 37.4 Å². The van der Waals surface area contributed by atoms with E-state index in [1.165, 1.54) is 4.57 Å². The predicted octanol–water partition coefficient (Wildman–Crippen LogP) is 5.07. The van der Waals surface area contributed by atoms with Gasteiger partial charge in [-0.1, -0.05) is 43.6 Å². The number of halogens is 1. The van der Waals surface area contributed by atoms with Crippen molar-refractivity contribution < 1.29 is 9.47 Å². The summed E-state index contributed by atoms with van der Waals surface area (Å²) in [6.07, 6.45) is 1.82. The summed E-state index contributed by atoms with van der Waals surface area (Å²) in [5.74, 6) is 1.93. The van der Waals surface area contributed by atoms with Gasteiger partial charge in [-0.25, -0.2) is 15.0 Å². The van der Waals surface area contributed by atoms with Crippen LogP contribution >= 0.6 is 11.6 Å². The van der Waals surface area contributed by atoms with Crippen LogP contribution in [0.5, 0.6) is 11.8 Å². The van der Waals surface area contributed by atoms with Crippen LogP contribution < -0.4 is 15.0 Å². The lowest BCUT2D eigenvalue weighted by atomic mass is 10.1. The molecule has 0 atom stereocenters. The molecule has 0 spiro atoms. The van der Waals surface area contributed by atoms with E-state index in [-0.39, 0.29) is 23.4 Å². The first-order valence-electron chi connectivity index (χ1n) is 11.1. The topological polar surface area (TPSA) is 92.0 Å². The number of hydrogen-bond donors (Lipinski definition) is 0. The van der Waals surface area contributed by atoms with Gasteiger partial charge in [-0.2, -0.15) is 4.98 Å². The van der Waals surface area contributed by atoms with Gasteiger partial charge in [0.2, 0.25) is 11.8 Å². The molecule has 0 N–H and O–H groups in total. The highest BCUT2D eigenvalue weighted by atomic mass is 35.5. The zero-order valence-corrected chi connectivity index (χ0v) is 21.0. The van der Waals surface area contributed by atoms with Crippen molar-refractivity contribution >= 4 is 11.6 Å². The van der Waals surface area contributed by atoms with Gasteiger partial charge in [0.05, 0.1) is 24.2 Å². The lowest BCUT2D eigenvalue weighted by Gasteiger charge is -2.15. The molecule has 0 unspecified atom stereocenters. The standard InChI is InChI=1S/C26H26ClN5O3/c1-15(2)24-28-13-16(3)23(31-24)18-8-6-10-20(12-18)32-17(4)29-25(22(27)26(32)33)35-14-19-9-7-11-21(30-19)34-5/h6-13,15H,14H2,1-5H3. The van der Waals surface area contributed by atoms with Crippen LogP contribution in [0.3, 0.4) is 0 Å². The monoisotopic (exact) mass is 491 g/mol. The van der Waals surface area contributed by atoms with Crippen molar-refractivity contribution in [2.45, 2.75) is 40.2 Å². The van der Waals surface area contributed by atoms with Crippen molar-refractivity contribution in [3.05, 3.63) is 86.9 Å². The van der Waals surface area contributed by atoms with Crippen LogP contribution in [-0.2, 0) is 6.61 Å². The molecule has 0 aliphatic rings. The second-order valence-corrected chi connectivity index (χ2v) is 8.72. The molecule has 8 nitrogen and oxygen atoms in total. The van der Waals surface area contributed by atoms with Crippen LogP contribution in [0.25, 0.3) is 16.9 Å². The maximum absolute atomic E-state index is 13.2. The predicted molar refractivity (Wildman–Crippen MR) is 135 cm³/mol. The number of ether oxygens (including phenoxy) is 2. The summed E-state index contributed by atoms with van der Waals surface area (Å²) in [6.45, 7) is 7.89. The fraction of sp³-hybridized carbons (Fsp3) is 0.269. The quantitative estimate of drug-likeness (QED) is 0.356. The molecule has 0 radical (unpaired) electrons. The lowest BCUT2D eigenvalue weighted by molar-refractivity contribution is 0.284. The molecule has 35 heavy (non-hydrogen) atoms. The summed E-state index contributed by atoms with van der Waals surface area (Å²) in [7, 11) is 1.54. The van der Waals surface area contributed by atoms with E-state index in [9.17, 15) is 4.79 Å². The normalized spacial score (nSPS) is 11.1. The number of rotatable bonds is 7. The minimum absolute atomic E-state index is 0.0550. The number of aromatic nitrogens is 5. The number of aryl methyl sites for hydroxylation is 2. The molecule has 3 heterocycles. The summed E-state index contributed by atoms with van der Waals surface area (Å²) in [6, 6.07) is 12.9. The van der Waals surface area contributed by atoms with Crippen LogP contribution in [0.4, 0.5) is 0 Å². The van der Waals surface area contributed by atoms with Crippen molar-refractivity contribution in [3.8, 4) is 28.7 Å². The fourth-order valence-corrected chi connectivity index (χ4v) is 3.78. The molecule has 3 aromatic heterocycles. The average molecular weight is 492 g/mol. The highest BCUT2D eigenvalue weighted by molar-refractivity contribution is 6.31. The SMILES string of the molecule is COc1cccc(COc2nc(C)n(-c3cccc(-c4nc(C(C)C)ncc4C)c3)c(=O)c2Cl)n1. The van der Waals surface area contributed by atoms with Gasteiger partial charge in [-0.15, -0.1) is 0 Å². The fourth-order valence-electron chi connectivity index (χ4n) is 3.59. The summed E-state index contributed by atoms with van der Waals surface area (Å²) in [5, 5.41) is -0.107. The van der Waals surface area contributed by atoms with Crippen LogP contribution in [0.2, 0.25) is 5.02 Å². The van der Waals surface area contributed by atoms with Crippen LogP contribution in [0, 0.1) is 13.8 Å². The number of nitrogens with zero attached hydrogens (tertiary/aromatic N) is 5. The summed E-state index contributed by atoms with van der Waals surface area (Å²) in [4.78, 5) is 31.1. The number of benzene rings is 1. The molecule has 0 aliphatic heterocycles. The van der Waals surface area contributed by atoms with Crippen molar-refractivity contribution in [3.63, 3.8) is 0 Å². The maximum Gasteiger partial charge on any atom is 0.280 e. The Bertz CT molecular complexity index is 1440. The third-order valence-corrected chi connectivity index (χ3v) is 5.72.